The molecule has 8 heteroatoms. The zero-order chi connectivity index (χ0) is 24.5. The highest BCUT2D eigenvalue weighted by Gasteiger charge is 2.33. The number of anilines is 2. The van der Waals surface area contributed by atoms with E-state index in [2.05, 4.69) is 19.2 Å². The van der Waals surface area contributed by atoms with Crippen LogP contribution in [0.5, 0.6) is 0 Å². The number of carbonyl (C=O) groups excluding carboxylic acids is 2. The van der Waals surface area contributed by atoms with E-state index >= 15 is 0 Å². The molecular weight excluding hydrogens is 450 g/mol. The summed E-state index contributed by atoms with van der Waals surface area (Å²) in [6.45, 7) is 7.04. The van der Waals surface area contributed by atoms with E-state index in [0.717, 1.165) is 23.4 Å². The molecule has 2 heterocycles. The number of amides is 2. The van der Waals surface area contributed by atoms with Gasteiger partial charge in [-0.05, 0) is 73.1 Å². The van der Waals surface area contributed by atoms with Crippen molar-refractivity contribution in [2.45, 2.75) is 57.3 Å². The average molecular weight is 484 g/mol. The summed E-state index contributed by atoms with van der Waals surface area (Å²) >= 11 is 0. The number of carbonyl (C=O) groups is 2. The van der Waals surface area contributed by atoms with Crippen molar-refractivity contribution in [2.24, 2.45) is 5.92 Å². The van der Waals surface area contributed by atoms with Crippen molar-refractivity contribution >= 4 is 33.2 Å². The minimum atomic E-state index is -3.65. The number of benzene rings is 2. The Balaban J connectivity index is 1.37. The third kappa shape index (κ3) is 4.88. The van der Waals surface area contributed by atoms with Crippen LogP contribution in [0.3, 0.4) is 0 Å². The molecule has 2 aliphatic heterocycles. The zero-order valence-electron chi connectivity index (χ0n) is 20.1. The third-order valence-corrected chi connectivity index (χ3v) is 9.04. The van der Waals surface area contributed by atoms with Crippen LogP contribution in [0.25, 0.3) is 0 Å². The number of piperidine rings is 1. The van der Waals surface area contributed by atoms with Crippen LogP contribution in [-0.4, -0.2) is 44.2 Å². The van der Waals surface area contributed by atoms with E-state index in [9.17, 15) is 18.0 Å². The maximum atomic E-state index is 13.2. The van der Waals surface area contributed by atoms with Crippen LogP contribution in [0, 0.1) is 5.92 Å². The fraction of sp³-hybridized carbons (Fsp3) is 0.462. The fourth-order valence-electron chi connectivity index (χ4n) is 4.75. The van der Waals surface area contributed by atoms with Crippen LogP contribution in [0.15, 0.2) is 47.4 Å². The van der Waals surface area contributed by atoms with Gasteiger partial charge in [0.15, 0.2) is 0 Å². The lowest BCUT2D eigenvalue weighted by Gasteiger charge is -2.30. The van der Waals surface area contributed by atoms with Gasteiger partial charge in [-0.25, -0.2) is 8.42 Å². The van der Waals surface area contributed by atoms with E-state index in [1.165, 1.54) is 16.8 Å². The predicted octanol–water partition coefficient (Wildman–Crippen LogP) is 4.15. The molecule has 2 aromatic carbocycles. The fourth-order valence-corrected chi connectivity index (χ4v) is 6.27. The summed E-state index contributed by atoms with van der Waals surface area (Å²) in [5.74, 6) is 0.163. The molecule has 2 aliphatic rings. The topological polar surface area (TPSA) is 86.8 Å². The minimum absolute atomic E-state index is 0.0406. The molecule has 7 nitrogen and oxygen atoms in total. The lowest BCUT2D eigenvalue weighted by Crippen LogP contribution is -2.41. The Kier molecular flexibility index (Phi) is 7.09. The Labute approximate surface area is 202 Å². The molecule has 1 saturated heterocycles. The van der Waals surface area contributed by atoms with E-state index < -0.39 is 10.0 Å². The van der Waals surface area contributed by atoms with E-state index in [1.807, 2.05) is 24.3 Å². The Morgan fingerprint density at radius 1 is 1.06 bits per heavy atom. The molecule has 0 radical (unpaired) electrons. The van der Waals surface area contributed by atoms with Gasteiger partial charge in [0.1, 0.15) is 0 Å². The molecule has 1 fully saturated rings. The molecule has 2 aromatic rings. The normalized spacial score (nSPS) is 17.9. The van der Waals surface area contributed by atoms with Gasteiger partial charge in [-0.2, -0.15) is 4.31 Å². The average Bonchev–Trinajstić information content (AvgIpc) is 3.28. The number of rotatable bonds is 6. The Hall–Kier alpha value is -2.71. The first-order valence-electron chi connectivity index (χ1n) is 12.0. The van der Waals surface area contributed by atoms with Gasteiger partial charge in [-0.15, -0.1) is 0 Å². The van der Waals surface area contributed by atoms with Gasteiger partial charge in [0, 0.05) is 43.9 Å². The van der Waals surface area contributed by atoms with Crippen molar-refractivity contribution < 1.29 is 18.0 Å². The highest BCUT2D eigenvalue weighted by molar-refractivity contribution is 7.89. The number of nitrogens with one attached hydrogen (secondary N) is 1. The smallest absolute Gasteiger partial charge is 0.243 e. The second kappa shape index (κ2) is 9.88. The summed E-state index contributed by atoms with van der Waals surface area (Å²) in [6, 6.07) is 13.0. The molecule has 182 valence electrons. The highest BCUT2D eigenvalue weighted by atomic mass is 32.2. The Morgan fingerprint density at radius 3 is 2.35 bits per heavy atom. The first-order valence-corrected chi connectivity index (χ1v) is 13.5. The van der Waals surface area contributed by atoms with Crippen LogP contribution < -0.4 is 10.2 Å². The van der Waals surface area contributed by atoms with Crippen molar-refractivity contribution in [3.05, 3.63) is 53.6 Å². The Bertz CT molecular complexity index is 1170. The maximum absolute atomic E-state index is 13.2. The first-order chi connectivity index (χ1) is 16.2. The molecule has 34 heavy (non-hydrogen) atoms. The molecule has 0 bridgehead atoms. The SMILES string of the molecule is CCC(C)c1ccc(NC(=O)C2CCN(S(=O)(=O)c3ccc4c(c3)CCN4C(C)=O)CC2)cc1. The second-order valence-corrected chi connectivity index (χ2v) is 11.2. The summed E-state index contributed by atoms with van der Waals surface area (Å²) in [5, 5.41) is 2.98. The van der Waals surface area contributed by atoms with Crippen LogP contribution in [-0.2, 0) is 26.0 Å². The second-order valence-electron chi connectivity index (χ2n) is 9.31. The molecule has 1 N–H and O–H groups in total. The molecule has 0 aromatic heterocycles. The van der Waals surface area contributed by atoms with Gasteiger partial charge < -0.3 is 10.2 Å². The molecule has 0 saturated carbocycles. The van der Waals surface area contributed by atoms with E-state index in [-0.39, 0.29) is 22.6 Å². The summed E-state index contributed by atoms with van der Waals surface area (Å²) in [7, 11) is -3.65. The van der Waals surface area contributed by atoms with Crippen LogP contribution in [0.1, 0.15) is 57.1 Å². The molecule has 2 amide bonds. The number of fused-ring (bicyclic) bond motifs is 1. The van der Waals surface area contributed by atoms with Gasteiger partial charge in [-0.1, -0.05) is 26.0 Å². The molecule has 4 rings (SSSR count). The van der Waals surface area contributed by atoms with Crippen molar-refractivity contribution in [3.63, 3.8) is 0 Å². The van der Waals surface area contributed by atoms with E-state index in [4.69, 9.17) is 0 Å². The number of sulfonamides is 1. The maximum Gasteiger partial charge on any atom is 0.243 e. The van der Waals surface area contributed by atoms with Crippen molar-refractivity contribution in [1.82, 2.24) is 4.31 Å². The van der Waals surface area contributed by atoms with Gasteiger partial charge in [0.05, 0.1) is 4.90 Å². The third-order valence-electron chi connectivity index (χ3n) is 7.15. The zero-order valence-corrected chi connectivity index (χ0v) is 20.9. The largest absolute Gasteiger partial charge is 0.326 e. The van der Waals surface area contributed by atoms with Crippen LogP contribution in [0.2, 0.25) is 0 Å². The van der Waals surface area contributed by atoms with Crippen molar-refractivity contribution in [2.75, 3.05) is 29.9 Å². The summed E-state index contributed by atoms with van der Waals surface area (Å²) in [4.78, 5) is 26.5. The van der Waals surface area contributed by atoms with Crippen molar-refractivity contribution in [3.8, 4) is 0 Å². The summed E-state index contributed by atoms with van der Waals surface area (Å²) in [5.41, 5.74) is 3.69. The van der Waals surface area contributed by atoms with E-state index in [0.29, 0.717) is 44.8 Å². The summed E-state index contributed by atoms with van der Waals surface area (Å²) < 4.78 is 27.9. The first kappa shape index (κ1) is 24.4. The number of nitrogens with zero attached hydrogens (tertiary/aromatic N) is 2. The monoisotopic (exact) mass is 483 g/mol. The standard InChI is InChI=1S/C26H33N3O4S/c1-4-18(2)20-5-7-23(8-6-20)27-26(31)21-11-14-28(15-12-21)34(32,33)24-9-10-25-22(17-24)13-16-29(25)19(3)30/h5-10,17-18,21H,4,11-16H2,1-3H3,(H,27,31). The molecular formula is C26H33N3O4S. The number of hydrogen-bond acceptors (Lipinski definition) is 4. The Morgan fingerprint density at radius 2 is 1.74 bits per heavy atom. The van der Waals surface area contributed by atoms with Gasteiger partial charge >= 0.3 is 0 Å². The predicted molar refractivity (Wildman–Crippen MR) is 133 cm³/mol. The molecule has 0 aliphatic carbocycles. The van der Waals surface area contributed by atoms with Gasteiger partial charge in [0.2, 0.25) is 21.8 Å². The van der Waals surface area contributed by atoms with Crippen molar-refractivity contribution in [1.29, 1.82) is 0 Å². The number of hydrogen-bond donors (Lipinski definition) is 1. The van der Waals surface area contributed by atoms with Gasteiger partial charge in [-0.3, -0.25) is 9.59 Å². The van der Waals surface area contributed by atoms with Crippen LogP contribution >= 0.6 is 0 Å². The highest BCUT2D eigenvalue weighted by Crippen LogP contribution is 2.32. The van der Waals surface area contributed by atoms with Gasteiger partial charge in [0.25, 0.3) is 0 Å². The lowest BCUT2D eigenvalue weighted by atomic mass is 9.96. The molecule has 1 unspecified atom stereocenters. The van der Waals surface area contributed by atoms with E-state index in [1.54, 1.807) is 23.1 Å². The quantitative estimate of drug-likeness (QED) is 0.669. The molecule has 1 atom stereocenters. The summed E-state index contributed by atoms with van der Waals surface area (Å²) in [6.07, 6.45) is 2.69. The minimum Gasteiger partial charge on any atom is -0.326 e. The lowest BCUT2D eigenvalue weighted by molar-refractivity contribution is -0.121. The van der Waals surface area contributed by atoms with Crippen LogP contribution in [0.4, 0.5) is 11.4 Å². The molecule has 0 spiro atoms.